The Labute approximate surface area is 242 Å². The molecule has 0 aliphatic carbocycles. The van der Waals surface area contributed by atoms with Crippen LogP contribution in [-0.2, 0) is 9.59 Å². The van der Waals surface area contributed by atoms with Crippen LogP contribution in [0.2, 0.25) is 15.1 Å². The highest BCUT2D eigenvalue weighted by Gasteiger charge is 2.29. The summed E-state index contributed by atoms with van der Waals surface area (Å²) in [6.07, 6.45) is 0. The second kappa shape index (κ2) is 11.6. The van der Waals surface area contributed by atoms with E-state index >= 15 is 0 Å². The molecule has 0 atom stereocenters. The van der Waals surface area contributed by atoms with Gasteiger partial charge < -0.3 is 20.4 Å². The Hall–Kier alpha value is -3.07. The second-order valence-corrected chi connectivity index (χ2v) is 11.0. The molecule has 7 nitrogen and oxygen atoms in total. The van der Waals surface area contributed by atoms with Crippen LogP contribution in [0.25, 0.3) is 11.3 Å². The van der Waals surface area contributed by atoms with Gasteiger partial charge in [-0.05, 0) is 36.9 Å². The van der Waals surface area contributed by atoms with E-state index in [1.165, 1.54) is 4.90 Å². The summed E-state index contributed by atoms with van der Waals surface area (Å²) in [7, 11) is 3.76. The summed E-state index contributed by atoms with van der Waals surface area (Å²) < 4.78 is 0. The van der Waals surface area contributed by atoms with Gasteiger partial charge in [-0.25, -0.2) is 0 Å². The number of hydrogen-bond acceptors (Lipinski definition) is 5. The largest absolute Gasteiger partial charge is 0.354 e. The van der Waals surface area contributed by atoms with Crippen molar-refractivity contribution in [1.29, 1.82) is 0 Å². The Morgan fingerprint density at radius 1 is 0.974 bits per heavy atom. The number of fused-ring (bicyclic) bond motifs is 1. The number of carbonyl (C=O) groups excluding carboxylic acids is 2. The van der Waals surface area contributed by atoms with Crippen LogP contribution in [0.15, 0.2) is 60.7 Å². The fourth-order valence-corrected chi connectivity index (χ4v) is 5.72. The number of piperazine rings is 1. The van der Waals surface area contributed by atoms with E-state index in [2.05, 4.69) is 27.5 Å². The van der Waals surface area contributed by atoms with Crippen LogP contribution in [0.1, 0.15) is 11.1 Å². The third kappa shape index (κ3) is 5.93. The van der Waals surface area contributed by atoms with Crippen molar-refractivity contribution in [2.24, 2.45) is 0 Å². The van der Waals surface area contributed by atoms with Crippen LogP contribution in [0, 0.1) is 0 Å². The van der Waals surface area contributed by atoms with Gasteiger partial charge >= 0.3 is 0 Å². The predicted octanol–water partition coefficient (Wildman–Crippen LogP) is 5.79. The monoisotopic (exact) mass is 583 g/mol. The van der Waals surface area contributed by atoms with E-state index in [4.69, 9.17) is 34.8 Å². The van der Waals surface area contributed by atoms with Gasteiger partial charge in [0.05, 0.1) is 39.2 Å². The van der Waals surface area contributed by atoms with E-state index in [-0.39, 0.29) is 11.8 Å². The number of amides is 2. The van der Waals surface area contributed by atoms with E-state index in [0.717, 1.165) is 37.3 Å². The van der Waals surface area contributed by atoms with Crippen molar-refractivity contribution in [3.05, 3.63) is 86.9 Å². The Balaban J connectivity index is 1.46. The lowest BCUT2D eigenvalue weighted by Crippen LogP contribution is -2.48. The molecule has 10 heteroatoms. The first-order chi connectivity index (χ1) is 18.7. The summed E-state index contributed by atoms with van der Waals surface area (Å²) in [5.74, 6) is -0.337. The average molecular weight is 585 g/mol. The van der Waals surface area contributed by atoms with Gasteiger partial charge in [-0.2, -0.15) is 0 Å². The zero-order chi connectivity index (χ0) is 27.7. The molecule has 39 heavy (non-hydrogen) atoms. The lowest BCUT2D eigenvalue weighted by atomic mass is 10.00. The first-order valence-corrected chi connectivity index (χ1v) is 13.7. The fraction of sp³-hybridized carbons (Fsp3) is 0.241. The van der Waals surface area contributed by atoms with Crippen molar-refractivity contribution in [2.75, 3.05) is 62.4 Å². The normalized spacial score (nSPS) is 17.0. The first kappa shape index (κ1) is 27.5. The molecule has 1 fully saturated rings. The number of nitrogens with zero attached hydrogens (tertiary/aromatic N) is 3. The number of anilines is 3. The molecule has 0 saturated carbocycles. The Kier molecular flexibility index (Phi) is 8.16. The number of rotatable bonds is 6. The zero-order valence-electron chi connectivity index (χ0n) is 21.6. The molecule has 0 radical (unpaired) electrons. The Bertz CT molecular complexity index is 1430. The third-order valence-electron chi connectivity index (χ3n) is 6.99. The van der Waals surface area contributed by atoms with E-state index < -0.39 is 0 Å². The summed E-state index contributed by atoms with van der Waals surface area (Å²) in [6.45, 7) is 3.81. The van der Waals surface area contributed by atoms with E-state index in [1.807, 2.05) is 36.4 Å². The molecule has 0 bridgehead atoms. The highest BCUT2D eigenvalue weighted by atomic mass is 35.5. The molecule has 1 saturated heterocycles. The fourth-order valence-electron chi connectivity index (χ4n) is 4.81. The van der Waals surface area contributed by atoms with Crippen molar-refractivity contribution in [3.8, 4) is 0 Å². The molecule has 2 amide bonds. The van der Waals surface area contributed by atoms with Crippen LogP contribution < -0.4 is 15.5 Å². The van der Waals surface area contributed by atoms with E-state index in [0.29, 0.717) is 49.9 Å². The number of halogens is 3. The van der Waals surface area contributed by atoms with E-state index in [1.54, 1.807) is 31.3 Å². The van der Waals surface area contributed by atoms with Gasteiger partial charge in [0.2, 0.25) is 5.91 Å². The Morgan fingerprint density at radius 2 is 1.64 bits per heavy atom. The van der Waals surface area contributed by atoms with Crippen molar-refractivity contribution in [1.82, 2.24) is 9.80 Å². The maximum Gasteiger partial charge on any atom is 0.258 e. The molecule has 2 aliphatic rings. The molecule has 2 heterocycles. The number of benzene rings is 3. The van der Waals surface area contributed by atoms with Gasteiger partial charge in [0.25, 0.3) is 5.91 Å². The van der Waals surface area contributed by atoms with Gasteiger partial charge in [0.15, 0.2) is 0 Å². The smallest absolute Gasteiger partial charge is 0.258 e. The minimum atomic E-state index is -0.248. The second-order valence-electron chi connectivity index (χ2n) is 9.71. The van der Waals surface area contributed by atoms with E-state index in [9.17, 15) is 9.59 Å². The molecule has 3 aromatic rings. The molecular weight excluding hydrogens is 557 g/mol. The van der Waals surface area contributed by atoms with Crippen molar-refractivity contribution in [3.63, 3.8) is 0 Å². The van der Waals surface area contributed by atoms with Crippen LogP contribution in [0.3, 0.4) is 0 Å². The lowest BCUT2D eigenvalue weighted by Gasteiger charge is -2.33. The maximum absolute atomic E-state index is 13.1. The summed E-state index contributed by atoms with van der Waals surface area (Å²) in [4.78, 5) is 32.1. The number of carbonyl (C=O) groups is 2. The SMILES string of the molecule is CN1CCN(CC(=O)N(C)c2c(Cl)cc(NC(=C3C(=O)Nc4cc(Cl)ccc43)c3ccccc3)cc2Cl)CC1. The average Bonchev–Trinajstić information content (AvgIpc) is 3.23. The van der Waals surface area contributed by atoms with Gasteiger partial charge in [-0.15, -0.1) is 0 Å². The summed E-state index contributed by atoms with van der Waals surface area (Å²) in [6, 6.07) is 18.3. The number of hydrogen-bond donors (Lipinski definition) is 2. The van der Waals surface area contributed by atoms with Gasteiger partial charge in [0.1, 0.15) is 0 Å². The summed E-state index contributed by atoms with van der Waals surface area (Å²) in [5.41, 5.74) is 4.27. The number of likely N-dealkylation sites (N-methyl/N-ethyl adjacent to an activating group) is 2. The van der Waals surface area contributed by atoms with Crippen LogP contribution >= 0.6 is 34.8 Å². The minimum absolute atomic E-state index is 0.0888. The standard InChI is InChI=1S/C29H28Cl3N5O2/c1-35-10-12-37(13-11-35)17-25(38)36(2)28-22(31)15-20(16-23(28)32)33-27(18-6-4-3-5-7-18)26-21-9-8-19(30)14-24(21)34-29(26)39/h3-9,14-16,33H,10-13,17H2,1-2H3,(H,34,39). The van der Waals surface area contributed by atoms with Crippen LogP contribution in [-0.4, -0.2) is 68.4 Å². The molecule has 2 N–H and O–H groups in total. The van der Waals surface area contributed by atoms with Crippen molar-refractivity contribution in [2.45, 2.75) is 0 Å². The Morgan fingerprint density at radius 3 is 2.31 bits per heavy atom. The molecule has 202 valence electrons. The third-order valence-corrected chi connectivity index (χ3v) is 7.80. The predicted molar refractivity (Wildman–Crippen MR) is 161 cm³/mol. The van der Waals surface area contributed by atoms with Crippen molar-refractivity contribution >= 4 is 74.9 Å². The first-order valence-electron chi connectivity index (χ1n) is 12.6. The van der Waals surface area contributed by atoms with Gasteiger partial charge in [-0.3, -0.25) is 14.5 Å². The lowest BCUT2D eigenvalue weighted by molar-refractivity contribution is -0.119. The molecule has 3 aromatic carbocycles. The topological polar surface area (TPSA) is 67.9 Å². The molecular formula is C29H28Cl3N5O2. The molecule has 0 unspecified atom stereocenters. The van der Waals surface area contributed by atoms with Crippen LogP contribution in [0.5, 0.6) is 0 Å². The van der Waals surface area contributed by atoms with Gasteiger partial charge in [-0.1, -0.05) is 71.2 Å². The quantitative estimate of drug-likeness (QED) is 0.359. The highest BCUT2D eigenvalue weighted by molar-refractivity contribution is 6.41. The van der Waals surface area contributed by atoms with Crippen LogP contribution in [0.4, 0.5) is 17.1 Å². The number of nitrogens with one attached hydrogen (secondary N) is 2. The molecule has 0 spiro atoms. The summed E-state index contributed by atoms with van der Waals surface area (Å²) >= 11 is 19.6. The highest BCUT2D eigenvalue weighted by Crippen LogP contribution is 2.41. The molecule has 0 aromatic heterocycles. The summed E-state index contributed by atoms with van der Waals surface area (Å²) in [5, 5.41) is 7.44. The molecule has 5 rings (SSSR count). The van der Waals surface area contributed by atoms with Gasteiger partial charge in [0, 0.05) is 49.5 Å². The maximum atomic E-state index is 13.1. The molecule has 2 aliphatic heterocycles. The zero-order valence-corrected chi connectivity index (χ0v) is 23.9. The minimum Gasteiger partial charge on any atom is -0.354 e. The van der Waals surface area contributed by atoms with Crippen molar-refractivity contribution < 1.29 is 9.59 Å².